The molecule has 0 saturated carbocycles. The molecule has 0 aliphatic heterocycles. The van der Waals surface area contributed by atoms with E-state index in [2.05, 4.69) is 9.71 Å². The maximum atomic E-state index is 12.2. The minimum Gasteiger partial charge on any atom is -0.457 e. The number of hydrogen-bond donors (Lipinski definition) is 1. The molecule has 0 unspecified atom stereocenters. The Hall–Kier alpha value is -2.80. The molecular weight excluding hydrogens is 314 g/mol. The molecular formula is C16H15N3O3S. The maximum absolute atomic E-state index is 12.2. The van der Waals surface area contributed by atoms with Crippen LogP contribution in [0, 0.1) is 0 Å². The number of sulfonamides is 1. The predicted octanol–water partition coefficient (Wildman–Crippen LogP) is 3.01. The van der Waals surface area contributed by atoms with Crippen molar-refractivity contribution in [2.75, 3.05) is 4.72 Å². The van der Waals surface area contributed by atoms with Crippen LogP contribution in [0.2, 0.25) is 0 Å². The van der Waals surface area contributed by atoms with Gasteiger partial charge in [-0.3, -0.25) is 4.72 Å². The Morgan fingerprint density at radius 3 is 2.26 bits per heavy atom. The monoisotopic (exact) mass is 329 g/mol. The minimum absolute atomic E-state index is 0.0235. The van der Waals surface area contributed by atoms with Gasteiger partial charge in [0.15, 0.2) is 5.03 Å². The van der Waals surface area contributed by atoms with Crippen LogP contribution >= 0.6 is 0 Å². The quantitative estimate of drug-likeness (QED) is 0.781. The number of rotatable bonds is 5. The van der Waals surface area contributed by atoms with Gasteiger partial charge in [0.2, 0.25) is 0 Å². The third-order valence-corrected chi connectivity index (χ3v) is 4.31. The van der Waals surface area contributed by atoms with Crippen molar-refractivity contribution in [3.8, 4) is 11.5 Å². The molecule has 1 heterocycles. The van der Waals surface area contributed by atoms with Crippen LogP contribution in [-0.2, 0) is 17.1 Å². The van der Waals surface area contributed by atoms with Crippen molar-refractivity contribution < 1.29 is 13.2 Å². The Bertz CT molecular complexity index is 888. The molecule has 7 heteroatoms. The van der Waals surface area contributed by atoms with Gasteiger partial charge in [0.25, 0.3) is 10.0 Å². The van der Waals surface area contributed by atoms with Crippen molar-refractivity contribution in [1.82, 2.24) is 9.55 Å². The van der Waals surface area contributed by atoms with Crippen molar-refractivity contribution in [2.45, 2.75) is 5.03 Å². The van der Waals surface area contributed by atoms with Gasteiger partial charge in [-0.15, -0.1) is 0 Å². The summed E-state index contributed by atoms with van der Waals surface area (Å²) < 4.78 is 34.1. The molecule has 0 radical (unpaired) electrons. The Morgan fingerprint density at radius 1 is 1.00 bits per heavy atom. The summed E-state index contributed by atoms with van der Waals surface area (Å²) in [6.45, 7) is 0. The first-order valence-electron chi connectivity index (χ1n) is 6.87. The zero-order chi connectivity index (χ0) is 16.3. The normalized spacial score (nSPS) is 11.2. The average molecular weight is 329 g/mol. The number of ether oxygens (including phenoxy) is 1. The van der Waals surface area contributed by atoms with E-state index in [-0.39, 0.29) is 5.03 Å². The number of anilines is 1. The second kappa shape index (κ2) is 6.13. The van der Waals surface area contributed by atoms with Crippen molar-refractivity contribution in [3.63, 3.8) is 0 Å². The molecule has 23 heavy (non-hydrogen) atoms. The smallest absolute Gasteiger partial charge is 0.280 e. The number of aromatic nitrogens is 2. The predicted molar refractivity (Wildman–Crippen MR) is 87.0 cm³/mol. The molecule has 3 rings (SSSR count). The van der Waals surface area contributed by atoms with Gasteiger partial charge in [-0.25, -0.2) is 4.98 Å². The summed E-state index contributed by atoms with van der Waals surface area (Å²) in [6.07, 6.45) is 2.88. The van der Waals surface area contributed by atoms with Crippen molar-refractivity contribution in [3.05, 3.63) is 67.1 Å². The van der Waals surface area contributed by atoms with Crippen molar-refractivity contribution in [2.24, 2.45) is 7.05 Å². The fourth-order valence-corrected chi connectivity index (χ4v) is 2.99. The molecule has 6 nitrogen and oxygen atoms in total. The molecule has 0 fully saturated rings. The minimum atomic E-state index is -3.69. The highest BCUT2D eigenvalue weighted by Gasteiger charge is 2.16. The zero-order valence-corrected chi connectivity index (χ0v) is 13.2. The van der Waals surface area contributed by atoms with Gasteiger partial charge in [0.1, 0.15) is 11.5 Å². The molecule has 1 N–H and O–H groups in total. The summed E-state index contributed by atoms with van der Waals surface area (Å²) >= 11 is 0. The average Bonchev–Trinajstić information content (AvgIpc) is 2.98. The van der Waals surface area contributed by atoms with Gasteiger partial charge in [-0.1, -0.05) is 18.2 Å². The molecule has 0 saturated heterocycles. The fourth-order valence-electron chi connectivity index (χ4n) is 1.95. The first-order valence-corrected chi connectivity index (χ1v) is 8.35. The van der Waals surface area contributed by atoms with E-state index in [9.17, 15) is 8.42 Å². The Balaban J connectivity index is 1.72. The van der Waals surface area contributed by atoms with Crippen LogP contribution in [0.15, 0.2) is 72.1 Å². The third kappa shape index (κ3) is 3.70. The van der Waals surface area contributed by atoms with E-state index in [1.54, 1.807) is 35.9 Å². The largest absolute Gasteiger partial charge is 0.457 e. The van der Waals surface area contributed by atoms with Gasteiger partial charge in [0, 0.05) is 18.9 Å². The molecule has 3 aromatic rings. The van der Waals surface area contributed by atoms with E-state index in [4.69, 9.17) is 4.74 Å². The summed E-state index contributed by atoms with van der Waals surface area (Å²) in [5, 5.41) is -0.0235. The number of nitrogens with one attached hydrogen (secondary N) is 1. The van der Waals surface area contributed by atoms with E-state index < -0.39 is 10.0 Å². The molecule has 1 aromatic heterocycles. The maximum Gasteiger partial charge on any atom is 0.280 e. The number of para-hydroxylation sites is 1. The van der Waals surface area contributed by atoms with Gasteiger partial charge >= 0.3 is 0 Å². The highest BCUT2D eigenvalue weighted by atomic mass is 32.2. The second-order valence-corrected chi connectivity index (χ2v) is 6.55. The van der Waals surface area contributed by atoms with Crippen molar-refractivity contribution in [1.29, 1.82) is 0 Å². The van der Waals surface area contributed by atoms with Crippen LogP contribution < -0.4 is 9.46 Å². The van der Waals surface area contributed by atoms with Crippen LogP contribution in [0.4, 0.5) is 5.69 Å². The number of imidazole rings is 1. The van der Waals surface area contributed by atoms with Crippen LogP contribution in [0.1, 0.15) is 0 Å². The Kier molecular flexibility index (Phi) is 4.03. The van der Waals surface area contributed by atoms with E-state index in [0.29, 0.717) is 17.2 Å². The second-order valence-electron chi connectivity index (χ2n) is 4.92. The van der Waals surface area contributed by atoms with Crippen LogP contribution in [0.5, 0.6) is 11.5 Å². The van der Waals surface area contributed by atoms with Gasteiger partial charge in [-0.2, -0.15) is 8.42 Å². The highest BCUT2D eigenvalue weighted by Crippen LogP contribution is 2.23. The zero-order valence-electron chi connectivity index (χ0n) is 12.4. The molecule has 0 atom stereocenters. The molecule has 0 aliphatic carbocycles. The Labute approximate surface area is 134 Å². The van der Waals surface area contributed by atoms with Crippen LogP contribution in [-0.4, -0.2) is 18.0 Å². The number of benzene rings is 2. The fraction of sp³-hybridized carbons (Fsp3) is 0.0625. The number of nitrogens with zero attached hydrogens (tertiary/aromatic N) is 2. The lowest BCUT2D eigenvalue weighted by molar-refractivity contribution is 0.483. The third-order valence-electron chi connectivity index (χ3n) is 3.04. The molecule has 0 bridgehead atoms. The van der Waals surface area contributed by atoms with E-state index in [1.807, 2.05) is 30.3 Å². The molecule has 2 aromatic carbocycles. The SMILES string of the molecule is Cn1cnc(S(=O)(=O)Nc2ccc(Oc3ccccc3)cc2)c1. The highest BCUT2D eigenvalue weighted by molar-refractivity contribution is 7.92. The number of aryl methyl sites for hydroxylation is 1. The van der Waals surface area contributed by atoms with Crippen LogP contribution in [0.3, 0.4) is 0 Å². The summed E-state index contributed by atoms with van der Waals surface area (Å²) in [6, 6.07) is 16.0. The summed E-state index contributed by atoms with van der Waals surface area (Å²) in [5.74, 6) is 1.34. The summed E-state index contributed by atoms with van der Waals surface area (Å²) in [4.78, 5) is 3.84. The standard InChI is InChI=1S/C16H15N3O3S/c1-19-11-16(17-12-19)23(20,21)18-13-7-9-15(10-8-13)22-14-5-3-2-4-6-14/h2-12,18H,1H3. The summed E-state index contributed by atoms with van der Waals surface area (Å²) in [7, 11) is -1.98. The van der Waals surface area contributed by atoms with E-state index >= 15 is 0 Å². The molecule has 118 valence electrons. The lowest BCUT2D eigenvalue weighted by atomic mass is 10.3. The lowest BCUT2D eigenvalue weighted by Gasteiger charge is -2.08. The first-order chi connectivity index (χ1) is 11.0. The van der Waals surface area contributed by atoms with E-state index in [0.717, 1.165) is 0 Å². The van der Waals surface area contributed by atoms with Crippen molar-refractivity contribution >= 4 is 15.7 Å². The van der Waals surface area contributed by atoms with Gasteiger partial charge in [0.05, 0.1) is 6.33 Å². The lowest BCUT2D eigenvalue weighted by Crippen LogP contribution is -2.13. The Morgan fingerprint density at radius 2 is 1.65 bits per heavy atom. The van der Waals surface area contributed by atoms with Crippen LogP contribution in [0.25, 0.3) is 0 Å². The summed E-state index contributed by atoms with van der Waals surface area (Å²) in [5.41, 5.74) is 0.441. The molecule has 0 spiro atoms. The van der Waals surface area contributed by atoms with Gasteiger partial charge in [-0.05, 0) is 36.4 Å². The molecule has 0 aliphatic rings. The van der Waals surface area contributed by atoms with E-state index in [1.165, 1.54) is 12.5 Å². The first kappa shape index (κ1) is 15.1. The number of hydrogen-bond acceptors (Lipinski definition) is 4. The van der Waals surface area contributed by atoms with Gasteiger partial charge < -0.3 is 9.30 Å². The topological polar surface area (TPSA) is 73.2 Å². The molecule has 0 amide bonds.